The SMILES string of the molecule is CNCc1[nH]c2nc3ccc(C(=O)O)cc3n2c1Br. The van der Waals surface area contributed by atoms with E-state index in [1.807, 2.05) is 11.4 Å². The molecular weight excluding hydrogens is 312 g/mol. The van der Waals surface area contributed by atoms with Crippen molar-refractivity contribution in [2.45, 2.75) is 6.54 Å². The van der Waals surface area contributed by atoms with Gasteiger partial charge in [-0.3, -0.25) is 4.40 Å². The first-order chi connectivity index (χ1) is 9.11. The maximum Gasteiger partial charge on any atom is 0.335 e. The summed E-state index contributed by atoms with van der Waals surface area (Å²) in [6.45, 7) is 0.671. The number of nitrogens with zero attached hydrogens (tertiary/aromatic N) is 2. The van der Waals surface area contributed by atoms with Crippen molar-refractivity contribution in [1.82, 2.24) is 19.7 Å². The lowest BCUT2D eigenvalue weighted by Gasteiger charge is -1.98. The summed E-state index contributed by atoms with van der Waals surface area (Å²) in [5.41, 5.74) is 2.73. The summed E-state index contributed by atoms with van der Waals surface area (Å²) in [7, 11) is 1.86. The molecule has 0 aliphatic rings. The van der Waals surface area contributed by atoms with Crippen LogP contribution in [-0.4, -0.2) is 32.5 Å². The fourth-order valence-corrected chi connectivity index (χ4v) is 2.70. The van der Waals surface area contributed by atoms with Gasteiger partial charge in [-0.05, 0) is 41.2 Å². The van der Waals surface area contributed by atoms with Crippen LogP contribution in [0.5, 0.6) is 0 Å². The van der Waals surface area contributed by atoms with Crippen LogP contribution in [-0.2, 0) is 6.54 Å². The zero-order valence-corrected chi connectivity index (χ0v) is 11.7. The standard InChI is InChI=1S/C12H11BrN4O2/c1-14-5-8-10(13)17-9-4-6(11(18)19)2-3-7(9)15-12(17)16-8/h2-4,14H,5H2,1H3,(H,15,16)(H,18,19). The Labute approximate surface area is 116 Å². The summed E-state index contributed by atoms with van der Waals surface area (Å²) in [5.74, 6) is -0.256. The Morgan fingerprint density at radius 3 is 3.05 bits per heavy atom. The number of benzene rings is 1. The number of hydrogen-bond donors (Lipinski definition) is 3. The van der Waals surface area contributed by atoms with Crippen LogP contribution in [0.25, 0.3) is 16.8 Å². The van der Waals surface area contributed by atoms with Gasteiger partial charge in [0.25, 0.3) is 0 Å². The Balaban J connectivity index is 2.31. The summed E-state index contributed by atoms with van der Waals surface area (Å²) in [5, 5.41) is 12.1. The molecule has 0 saturated heterocycles. The number of rotatable bonds is 3. The van der Waals surface area contributed by atoms with E-state index in [2.05, 4.69) is 31.2 Å². The van der Waals surface area contributed by atoms with Crippen LogP contribution in [0.2, 0.25) is 0 Å². The van der Waals surface area contributed by atoms with Crippen LogP contribution in [0.4, 0.5) is 0 Å². The van der Waals surface area contributed by atoms with Crippen LogP contribution in [0, 0.1) is 0 Å². The molecular formula is C12H11BrN4O2. The summed E-state index contributed by atoms with van der Waals surface area (Å²) in [6, 6.07) is 4.89. The number of aromatic nitrogens is 3. The third-order valence-corrected chi connectivity index (χ3v) is 3.80. The van der Waals surface area contributed by atoms with E-state index in [-0.39, 0.29) is 5.56 Å². The maximum absolute atomic E-state index is 11.0. The molecule has 1 aromatic carbocycles. The van der Waals surface area contributed by atoms with E-state index >= 15 is 0 Å². The quantitative estimate of drug-likeness (QED) is 0.688. The van der Waals surface area contributed by atoms with Gasteiger partial charge in [-0.15, -0.1) is 0 Å². The highest BCUT2D eigenvalue weighted by atomic mass is 79.9. The number of imidazole rings is 2. The normalized spacial score (nSPS) is 11.5. The fraction of sp³-hybridized carbons (Fsp3) is 0.167. The van der Waals surface area contributed by atoms with E-state index in [0.717, 1.165) is 21.3 Å². The van der Waals surface area contributed by atoms with Gasteiger partial charge in [0.05, 0.1) is 22.3 Å². The zero-order chi connectivity index (χ0) is 13.6. The minimum absolute atomic E-state index is 0.248. The van der Waals surface area contributed by atoms with E-state index in [4.69, 9.17) is 5.11 Å². The van der Waals surface area contributed by atoms with E-state index in [1.165, 1.54) is 0 Å². The molecule has 0 aliphatic heterocycles. The summed E-state index contributed by atoms with van der Waals surface area (Å²) >= 11 is 3.52. The van der Waals surface area contributed by atoms with E-state index in [1.54, 1.807) is 18.2 Å². The number of nitrogens with one attached hydrogen (secondary N) is 2. The predicted octanol–water partition coefficient (Wildman–Crippen LogP) is 2.00. The van der Waals surface area contributed by atoms with E-state index < -0.39 is 5.97 Å². The Kier molecular flexibility index (Phi) is 2.79. The van der Waals surface area contributed by atoms with Crippen LogP contribution in [0.15, 0.2) is 22.8 Å². The molecule has 3 N–H and O–H groups in total. The molecule has 0 amide bonds. The highest BCUT2D eigenvalue weighted by molar-refractivity contribution is 9.10. The number of fused-ring (bicyclic) bond motifs is 3. The molecule has 0 aliphatic carbocycles. The third-order valence-electron chi connectivity index (χ3n) is 2.96. The number of carbonyl (C=O) groups is 1. The summed E-state index contributed by atoms with van der Waals surface area (Å²) < 4.78 is 2.72. The minimum Gasteiger partial charge on any atom is -0.478 e. The number of aromatic carboxylic acids is 1. The molecule has 2 heterocycles. The van der Waals surface area contributed by atoms with Crippen LogP contribution >= 0.6 is 15.9 Å². The highest BCUT2D eigenvalue weighted by Gasteiger charge is 2.15. The van der Waals surface area contributed by atoms with Crippen molar-refractivity contribution in [3.8, 4) is 0 Å². The van der Waals surface area contributed by atoms with Gasteiger partial charge in [-0.1, -0.05) is 0 Å². The molecule has 19 heavy (non-hydrogen) atoms. The van der Waals surface area contributed by atoms with Crippen molar-refractivity contribution in [2.24, 2.45) is 0 Å². The Bertz CT molecular complexity index is 790. The van der Waals surface area contributed by atoms with Gasteiger partial charge in [0.2, 0.25) is 5.78 Å². The maximum atomic E-state index is 11.0. The first kappa shape index (κ1) is 12.2. The first-order valence-electron chi connectivity index (χ1n) is 5.68. The lowest BCUT2D eigenvalue weighted by molar-refractivity contribution is 0.0697. The molecule has 0 radical (unpaired) electrons. The number of aromatic amines is 1. The average Bonchev–Trinajstić information content (AvgIpc) is 2.87. The minimum atomic E-state index is -0.945. The molecule has 7 heteroatoms. The number of H-pyrrole nitrogens is 1. The zero-order valence-electron chi connectivity index (χ0n) is 10.1. The van der Waals surface area contributed by atoms with Crippen molar-refractivity contribution in [3.05, 3.63) is 34.1 Å². The molecule has 0 spiro atoms. The lowest BCUT2D eigenvalue weighted by Crippen LogP contribution is -2.06. The number of halogens is 1. The second kappa shape index (κ2) is 4.36. The first-order valence-corrected chi connectivity index (χ1v) is 6.47. The largest absolute Gasteiger partial charge is 0.478 e. The highest BCUT2D eigenvalue weighted by Crippen LogP contribution is 2.25. The molecule has 2 aromatic heterocycles. The molecule has 0 saturated carbocycles. The molecule has 0 fully saturated rings. The average molecular weight is 323 g/mol. The smallest absolute Gasteiger partial charge is 0.335 e. The van der Waals surface area contributed by atoms with Gasteiger partial charge >= 0.3 is 5.97 Å². The van der Waals surface area contributed by atoms with Gasteiger partial charge in [-0.25, -0.2) is 9.78 Å². The molecule has 6 nitrogen and oxygen atoms in total. The van der Waals surface area contributed by atoms with E-state index in [9.17, 15) is 4.79 Å². The van der Waals surface area contributed by atoms with Crippen molar-refractivity contribution >= 4 is 38.7 Å². The second-order valence-corrected chi connectivity index (χ2v) is 4.96. The Hall–Kier alpha value is -1.86. The van der Waals surface area contributed by atoms with Crippen LogP contribution in [0.1, 0.15) is 16.1 Å². The molecule has 98 valence electrons. The van der Waals surface area contributed by atoms with Crippen molar-refractivity contribution in [2.75, 3.05) is 7.05 Å². The molecule has 3 rings (SSSR count). The Morgan fingerprint density at radius 2 is 2.37 bits per heavy atom. The Morgan fingerprint density at radius 1 is 1.58 bits per heavy atom. The van der Waals surface area contributed by atoms with Gasteiger partial charge in [-0.2, -0.15) is 0 Å². The van der Waals surface area contributed by atoms with Gasteiger partial charge in [0.15, 0.2) is 0 Å². The number of carboxylic acids is 1. The number of carboxylic acid groups (broad SMARTS) is 1. The summed E-state index contributed by atoms with van der Waals surface area (Å²) in [4.78, 5) is 18.7. The van der Waals surface area contributed by atoms with E-state index in [0.29, 0.717) is 12.3 Å². The van der Waals surface area contributed by atoms with Gasteiger partial charge in [0, 0.05) is 6.54 Å². The summed E-state index contributed by atoms with van der Waals surface area (Å²) in [6.07, 6.45) is 0. The molecule has 0 bridgehead atoms. The topological polar surface area (TPSA) is 82.4 Å². The van der Waals surface area contributed by atoms with Crippen LogP contribution in [0.3, 0.4) is 0 Å². The van der Waals surface area contributed by atoms with Crippen molar-refractivity contribution in [3.63, 3.8) is 0 Å². The predicted molar refractivity (Wildman–Crippen MR) is 74.5 cm³/mol. The number of hydrogen-bond acceptors (Lipinski definition) is 3. The second-order valence-electron chi connectivity index (χ2n) is 4.20. The van der Waals surface area contributed by atoms with Crippen molar-refractivity contribution in [1.29, 1.82) is 0 Å². The van der Waals surface area contributed by atoms with Crippen molar-refractivity contribution < 1.29 is 9.90 Å². The van der Waals surface area contributed by atoms with Crippen LogP contribution < -0.4 is 5.32 Å². The fourth-order valence-electron chi connectivity index (χ4n) is 2.11. The van der Waals surface area contributed by atoms with Gasteiger partial charge < -0.3 is 15.4 Å². The molecule has 3 aromatic rings. The lowest BCUT2D eigenvalue weighted by atomic mass is 10.2. The molecule has 0 unspecified atom stereocenters. The monoisotopic (exact) mass is 322 g/mol. The molecule has 0 atom stereocenters. The third kappa shape index (κ3) is 1.82. The van der Waals surface area contributed by atoms with Gasteiger partial charge in [0.1, 0.15) is 4.60 Å².